The zero-order chi connectivity index (χ0) is 19.3. The van der Waals surface area contributed by atoms with Gasteiger partial charge in [0.25, 0.3) is 6.43 Å². The molecule has 28 heavy (non-hydrogen) atoms. The molecule has 0 nitrogen and oxygen atoms in total. The second-order valence-corrected chi connectivity index (χ2v) is 6.80. The van der Waals surface area contributed by atoms with Crippen molar-refractivity contribution in [1.29, 1.82) is 0 Å². The molecule has 0 aliphatic carbocycles. The maximum Gasteiger partial charge on any atom is 0.263 e. The minimum Gasteiger partial charge on any atom is -0.205 e. The van der Waals surface area contributed by atoms with Crippen LogP contribution in [0.4, 0.5) is 8.78 Å². The molecule has 0 saturated heterocycles. The van der Waals surface area contributed by atoms with Crippen LogP contribution in [0.1, 0.15) is 12.0 Å². The molecule has 0 fully saturated rings. The highest BCUT2D eigenvalue weighted by Gasteiger charge is 2.21. The number of benzene rings is 4. The van der Waals surface area contributed by atoms with Gasteiger partial charge in [-0.2, -0.15) is 0 Å². The lowest BCUT2D eigenvalue weighted by atomic mass is 9.37. The zero-order valence-electron chi connectivity index (χ0n) is 15.3. The van der Waals surface area contributed by atoms with Crippen molar-refractivity contribution in [2.24, 2.45) is 0 Å². The molecule has 3 heteroatoms. The summed E-state index contributed by atoms with van der Waals surface area (Å²) in [6.45, 7) is 0.129. The summed E-state index contributed by atoms with van der Waals surface area (Å²) in [7, 11) is 0. The molecule has 0 radical (unpaired) electrons. The Morgan fingerprint density at radius 3 is 1.57 bits per heavy atom. The van der Waals surface area contributed by atoms with Crippen molar-refractivity contribution in [2.75, 3.05) is 0 Å². The smallest absolute Gasteiger partial charge is 0.205 e. The first kappa shape index (κ1) is 18.2. The summed E-state index contributed by atoms with van der Waals surface area (Å²) in [4.78, 5) is 0. The number of alkyl halides is 2. The molecule has 0 N–H and O–H groups in total. The van der Waals surface area contributed by atoms with Crippen molar-refractivity contribution >= 4 is 23.1 Å². The van der Waals surface area contributed by atoms with Gasteiger partial charge in [0.15, 0.2) is 0 Å². The van der Waals surface area contributed by atoms with Gasteiger partial charge >= 0.3 is 0 Å². The van der Waals surface area contributed by atoms with E-state index in [2.05, 4.69) is 60.7 Å². The molecule has 4 rings (SSSR count). The molecule has 0 spiro atoms. The lowest BCUT2D eigenvalue weighted by Gasteiger charge is -2.16. The molecule has 0 aromatic heterocycles. The van der Waals surface area contributed by atoms with Crippen LogP contribution in [-0.4, -0.2) is 6.71 Å². The average Bonchev–Trinajstić information content (AvgIpc) is 2.76. The Bertz CT molecular complexity index is 989. The van der Waals surface area contributed by atoms with Crippen molar-refractivity contribution in [2.45, 2.75) is 6.43 Å². The van der Waals surface area contributed by atoms with E-state index in [1.54, 1.807) is 12.1 Å². The van der Waals surface area contributed by atoms with Crippen molar-refractivity contribution in [1.82, 2.24) is 0 Å². The standard InChI is InChI=1S/C25H19BF2/c27-25(28)21-9-7-8-20(18-21)19-14-16-24(17-15-19)26(22-10-3-1-4-11-22)23-12-5-2-6-13-23/h1-18,25H. The summed E-state index contributed by atoms with van der Waals surface area (Å²) in [5, 5.41) is 0. The molecule has 4 aromatic rings. The van der Waals surface area contributed by atoms with Crippen LogP contribution in [0.2, 0.25) is 0 Å². The zero-order valence-corrected chi connectivity index (χ0v) is 15.3. The van der Waals surface area contributed by atoms with E-state index in [9.17, 15) is 8.78 Å². The Hall–Kier alpha value is -3.20. The maximum atomic E-state index is 13.0. The van der Waals surface area contributed by atoms with Crippen molar-refractivity contribution in [3.63, 3.8) is 0 Å². The fourth-order valence-electron chi connectivity index (χ4n) is 3.59. The average molecular weight is 368 g/mol. The maximum absolute atomic E-state index is 13.0. The topological polar surface area (TPSA) is 0 Å². The number of hydrogen-bond donors (Lipinski definition) is 0. The van der Waals surface area contributed by atoms with Crippen LogP contribution in [0.15, 0.2) is 109 Å². The molecular formula is C25H19BF2. The Kier molecular flexibility index (Phi) is 5.34. The van der Waals surface area contributed by atoms with E-state index in [1.165, 1.54) is 22.5 Å². The first-order valence-corrected chi connectivity index (χ1v) is 9.31. The van der Waals surface area contributed by atoms with Gasteiger partial charge in [-0.05, 0) is 17.2 Å². The predicted molar refractivity (Wildman–Crippen MR) is 114 cm³/mol. The third-order valence-corrected chi connectivity index (χ3v) is 4.98. The minimum absolute atomic E-state index is 0.0491. The summed E-state index contributed by atoms with van der Waals surface area (Å²) in [6, 6.07) is 35.6. The highest BCUT2D eigenvalue weighted by atomic mass is 19.3. The molecule has 0 amide bonds. The Balaban J connectivity index is 1.72. The van der Waals surface area contributed by atoms with Crippen LogP contribution in [-0.2, 0) is 0 Å². The fraction of sp³-hybridized carbons (Fsp3) is 0.0400. The van der Waals surface area contributed by atoms with Crippen molar-refractivity contribution in [3.05, 3.63) is 115 Å². The normalized spacial score (nSPS) is 10.8. The Morgan fingerprint density at radius 2 is 1.04 bits per heavy atom. The third kappa shape index (κ3) is 3.89. The molecule has 4 aromatic carbocycles. The van der Waals surface area contributed by atoms with E-state index < -0.39 is 6.43 Å². The molecule has 0 unspecified atom stereocenters. The summed E-state index contributed by atoms with van der Waals surface area (Å²) < 4.78 is 26.0. The summed E-state index contributed by atoms with van der Waals surface area (Å²) in [5.41, 5.74) is 5.41. The SMILES string of the molecule is FC(F)c1cccc(-c2ccc(B(c3ccccc3)c3ccccc3)cc2)c1. The monoisotopic (exact) mass is 368 g/mol. The summed E-state index contributed by atoms with van der Waals surface area (Å²) in [5.74, 6) is 0. The number of hydrogen-bond acceptors (Lipinski definition) is 0. The van der Waals surface area contributed by atoms with Crippen LogP contribution >= 0.6 is 0 Å². The van der Waals surface area contributed by atoms with E-state index in [0.29, 0.717) is 0 Å². The van der Waals surface area contributed by atoms with Crippen LogP contribution in [0.25, 0.3) is 11.1 Å². The van der Waals surface area contributed by atoms with Gasteiger partial charge in [0.2, 0.25) is 6.71 Å². The molecule has 0 heterocycles. The molecule has 0 atom stereocenters. The lowest BCUT2D eigenvalue weighted by Crippen LogP contribution is -2.51. The van der Waals surface area contributed by atoms with E-state index in [-0.39, 0.29) is 12.3 Å². The second kappa shape index (κ2) is 8.22. The molecule has 0 aliphatic heterocycles. The van der Waals surface area contributed by atoms with Gasteiger partial charge in [-0.1, -0.05) is 120 Å². The summed E-state index contributed by atoms with van der Waals surface area (Å²) >= 11 is 0. The first-order chi connectivity index (χ1) is 13.7. The molecule has 0 bridgehead atoms. The van der Waals surface area contributed by atoms with Crippen molar-refractivity contribution in [3.8, 4) is 11.1 Å². The minimum atomic E-state index is -2.46. The van der Waals surface area contributed by atoms with E-state index in [0.717, 1.165) is 11.1 Å². The Morgan fingerprint density at radius 1 is 0.500 bits per heavy atom. The number of rotatable bonds is 5. The lowest BCUT2D eigenvalue weighted by molar-refractivity contribution is 0.151. The van der Waals surface area contributed by atoms with Crippen molar-refractivity contribution < 1.29 is 8.78 Å². The number of halogens is 2. The third-order valence-electron chi connectivity index (χ3n) is 4.98. The van der Waals surface area contributed by atoms with Crippen LogP contribution in [0.3, 0.4) is 0 Å². The van der Waals surface area contributed by atoms with Gasteiger partial charge in [0, 0.05) is 5.56 Å². The highest BCUT2D eigenvalue weighted by molar-refractivity contribution is 6.95. The van der Waals surface area contributed by atoms with E-state index in [4.69, 9.17) is 0 Å². The molecule has 0 saturated carbocycles. The van der Waals surface area contributed by atoms with E-state index in [1.807, 2.05) is 30.3 Å². The highest BCUT2D eigenvalue weighted by Crippen LogP contribution is 2.25. The van der Waals surface area contributed by atoms with Gasteiger partial charge in [0.1, 0.15) is 0 Å². The first-order valence-electron chi connectivity index (χ1n) is 9.31. The molecular weight excluding hydrogens is 349 g/mol. The van der Waals surface area contributed by atoms with Crippen LogP contribution in [0.5, 0.6) is 0 Å². The fourth-order valence-corrected chi connectivity index (χ4v) is 3.59. The van der Waals surface area contributed by atoms with Gasteiger partial charge in [-0.3, -0.25) is 0 Å². The quantitative estimate of drug-likeness (QED) is 0.444. The van der Waals surface area contributed by atoms with Gasteiger partial charge < -0.3 is 0 Å². The van der Waals surface area contributed by atoms with Gasteiger partial charge in [-0.15, -0.1) is 0 Å². The van der Waals surface area contributed by atoms with Gasteiger partial charge in [0.05, 0.1) is 0 Å². The van der Waals surface area contributed by atoms with Gasteiger partial charge in [-0.25, -0.2) is 8.78 Å². The Labute approximate surface area is 164 Å². The van der Waals surface area contributed by atoms with Crippen LogP contribution < -0.4 is 16.4 Å². The second-order valence-electron chi connectivity index (χ2n) is 6.80. The van der Waals surface area contributed by atoms with E-state index >= 15 is 0 Å². The van der Waals surface area contributed by atoms with Crippen LogP contribution in [0, 0.1) is 0 Å². The largest absolute Gasteiger partial charge is 0.263 e. The predicted octanol–water partition coefficient (Wildman–Crippen LogP) is 4.81. The summed E-state index contributed by atoms with van der Waals surface area (Å²) in [6.07, 6.45) is -2.46. The molecule has 0 aliphatic rings. The molecule has 136 valence electrons.